The number of carbonyl (C=O) groups is 1. The summed E-state index contributed by atoms with van der Waals surface area (Å²) in [6.07, 6.45) is 0. The lowest BCUT2D eigenvalue weighted by Crippen LogP contribution is -2.22. The number of rotatable bonds is 3. The van der Waals surface area contributed by atoms with Crippen molar-refractivity contribution < 1.29 is 15.0 Å². The van der Waals surface area contributed by atoms with Crippen LogP contribution in [0.1, 0.15) is 43.4 Å². The second-order valence-corrected chi connectivity index (χ2v) is 5.60. The zero-order valence-electron chi connectivity index (χ0n) is 11.3. The summed E-state index contributed by atoms with van der Waals surface area (Å²) in [6.45, 7) is 7.86. The van der Waals surface area contributed by atoms with E-state index in [1.165, 1.54) is 6.07 Å². The number of phenols is 1. The fourth-order valence-electron chi connectivity index (χ4n) is 2.05. The van der Waals surface area contributed by atoms with E-state index in [0.717, 1.165) is 11.1 Å². The highest BCUT2D eigenvalue weighted by molar-refractivity contribution is 5.77. The van der Waals surface area contributed by atoms with E-state index in [0.29, 0.717) is 5.56 Å². The molecule has 0 radical (unpaired) electrons. The van der Waals surface area contributed by atoms with Crippen LogP contribution in [0.15, 0.2) is 12.1 Å². The number of aromatic hydroxyl groups is 1. The van der Waals surface area contributed by atoms with Crippen molar-refractivity contribution in [2.24, 2.45) is 5.73 Å². The maximum Gasteiger partial charge on any atom is 0.312 e. The highest BCUT2D eigenvalue weighted by Crippen LogP contribution is 2.34. The van der Waals surface area contributed by atoms with Gasteiger partial charge in [-0.25, -0.2) is 0 Å². The van der Waals surface area contributed by atoms with Crippen molar-refractivity contribution in [1.82, 2.24) is 0 Å². The van der Waals surface area contributed by atoms with Crippen molar-refractivity contribution in [3.8, 4) is 5.75 Å². The molecule has 0 spiro atoms. The maximum atomic E-state index is 11.1. The normalized spacial score (nSPS) is 13.4. The fourth-order valence-corrected chi connectivity index (χ4v) is 2.05. The topological polar surface area (TPSA) is 83.5 Å². The van der Waals surface area contributed by atoms with Crippen molar-refractivity contribution in [2.45, 2.75) is 39.0 Å². The molecular weight excluding hydrogens is 230 g/mol. The molecule has 100 valence electrons. The molecule has 0 aliphatic carbocycles. The van der Waals surface area contributed by atoms with Crippen molar-refractivity contribution >= 4 is 5.97 Å². The molecule has 0 heterocycles. The van der Waals surface area contributed by atoms with Crippen LogP contribution in [0.2, 0.25) is 0 Å². The van der Waals surface area contributed by atoms with Gasteiger partial charge < -0.3 is 15.9 Å². The standard InChI is InChI=1S/C14H21NO3/c1-8-5-11(14(2,3)4)12(16)6-9(8)10(7-15)13(17)18/h5-6,10,16H,7,15H2,1-4H3,(H,17,18). The Kier molecular flexibility index (Phi) is 4.02. The molecule has 4 heteroatoms. The molecule has 0 bridgehead atoms. The Hall–Kier alpha value is -1.55. The molecule has 0 saturated carbocycles. The van der Waals surface area contributed by atoms with Gasteiger partial charge in [0.05, 0.1) is 5.92 Å². The number of aryl methyl sites for hydroxylation is 1. The van der Waals surface area contributed by atoms with Gasteiger partial charge in [0.1, 0.15) is 5.75 Å². The first-order valence-corrected chi connectivity index (χ1v) is 5.95. The predicted octanol–water partition coefficient (Wildman–Crippen LogP) is 2.13. The number of carboxylic acid groups (broad SMARTS) is 1. The van der Waals surface area contributed by atoms with Gasteiger partial charge in [0, 0.05) is 6.54 Å². The van der Waals surface area contributed by atoms with Crippen molar-refractivity contribution in [3.63, 3.8) is 0 Å². The van der Waals surface area contributed by atoms with Gasteiger partial charge in [-0.15, -0.1) is 0 Å². The predicted molar refractivity (Wildman–Crippen MR) is 71.0 cm³/mol. The van der Waals surface area contributed by atoms with Gasteiger partial charge in [0.2, 0.25) is 0 Å². The minimum atomic E-state index is -0.969. The van der Waals surface area contributed by atoms with Gasteiger partial charge in [0.25, 0.3) is 0 Å². The SMILES string of the molecule is Cc1cc(C(C)(C)C)c(O)cc1C(CN)C(=O)O. The summed E-state index contributed by atoms with van der Waals surface area (Å²) >= 11 is 0. The summed E-state index contributed by atoms with van der Waals surface area (Å²) in [6, 6.07) is 3.37. The van der Waals surface area contributed by atoms with Gasteiger partial charge in [-0.1, -0.05) is 26.8 Å². The second-order valence-electron chi connectivity index (χ2n) is 5.60. The third-order valence-corrected chi connectivity index (χ3v) is 3.10. The van der Waals surface area contributed by atoms with Crippen LogP contribution in [0.25, 0.3) is 0 Å². The van der Waals surface area contributed by atoms with Crippen molar-refractivity contribution in [2.75, 3.05) is 6.54 Å². The molecule has 1 aromatic carbocycles. The van der Waals surface area contributed by atoms with Gasteiger partial charge in [-0.3, -0.25) is 4.79 Å². The number of hydrogen-bond donors (Lipinski definition) is 3. The Bertz CT molecular complexity index is 461. The first-order chi connectivity index (χ1) is 8.18. The minimum Gasteiger partial charge on any atom is -0.508 e. The minimum absolute atomic E-state index is 0.0183. The zero-order chi connectivity index (χ0) is 14.1. The van der Waals surface area contributed by atoms with E-state index in [2.05, 4.69) is 0 Å². The third kappa shape index (κ3) is 2.82. The number of benzene rings is 1. The third-order valence-electron chi connectivity index (χ3n) is 3.10. The van der Waals surface area contributed by atoms with Gasteiger partial charge in [-0.05, 0) is 35.1 Å². The van der Waals surface area contributed by atoms with Crippen LogP contribution in [0.5, 0.6) is 5.75 Å². The van der Waals surface area contributed by atoms with E-state index in [1.54, 1.807) is 0 Å². The lowest BCUT2D eigenvalue weighted by atomic mass is 9.83. The van der Waals surface area contributed by atoms with Gasteiger partial charge >= 0.3 is 5.97 Å². The number of phenolic OH excluding ortho intramolecular Hbond substituents is 1. The van der Waals surface area contributed by atoms with E-state index in [1.807, 2.05) is 33.8 Å². The van der Waals surface area contributed by atoms with Crippen LogP contribution < -0.4 is 5.73 Å². The molecule has 1 rings (SSSR count). The summed E-state index contributed by atoms with van der Waals surface area (Å²) in [4.78, 5) is 11.1. The van der Waals surface area contributed by atoms with Crippen LogP contribution in [0.3, 0.4) is 0 Å². The molecule has 4 N–H and O–H groups in total. The number of aliphatic carboxylic acids is 1. The molecule has 0 aromatic heterocycles. The van der Waals surface area contributed by atoms with E-state index < -0.39 is 11.9 Å². The van der Waals surface area contributed by atoms with Crippen LogP contribution in [0.4, 0.5) is 0 Å². The number of carboxylic acids is 1. The Morgan fingerprint density at radius 2 is 1.94 bits per heavy atom. The maximum absolute atomic E-state index is 11.1. The molecule has 1 aromatic rings. The summed E-state index contributed by atoms with van der Waals surface area (Å²) in [7, 11) is 0. The summed E-state index contributed by atoms with van der Waals surface area (Å²) in [5.74, 6) is -1.61. The summed E-state index contributed by atoms with van der Waals surface area (Å²) < 4.78 is 0. The van der Waals surface area contributed by atoms with E-state index in [4.69, 9.17) is 10.8 Å². The summed E-state index contributed by atoms with van der Waals surface area (Å²) in [5, 5.41) is 19.2. The van der Waals surface area contributed by atoms with E-state index in [9.17, 15) is 9.90 Å². The molecule has 0 aliphatic rings. The Balaban J connectivity index is 3.35. The average molecular weight is 251 g/mol. The number of hydrogen-bond acceptors (Lipinski definition) is 3. The molecule has 18 heavy (non-hydrogen) atoms. The van der Waals surface area contributed by atoms with Crippen molar-refractivity contribution in [3.05, 3.63) is 28.8 Å². The Morgan fingerprint density at radius 1 is 1.39 bits per heavy atom. The first-order valence-electron chi connectivity index (χ1n) is 5.95. The monoisotopic (exact) mass is 251 g/mol. The largest absolute Gasteiger partial charge is 0.508 e. The smallest absolute Gasteiger partial charge is 0.312 e. The molecule has 1 atom stereocenters. The van der Waals surface area contributed by atoms with Crippen LogP contribution in [-0.2, 0) is 10.2 Å². The fraction of sp³-hybridized carbons (Fsp3) is 0.500. The van der Waals surface area contributed by atoms with E-state index in [-0.39, 0.29) is 17.7 Å². The van der Waals surface area contributed by atoms with Crippen LogP contribution in [0, 0.1) is 6.92 Å². The van der Waals surface area contributed by atoms with Gasteiger partial charge in [0.15, 0.2) is 0 Å². The molecule has 0 fully saturated rings. The Morgan fingerprint density at radius 3 is 2.33 bits per heavy atom. The lowest BCUT2D eigenvalue weighted by Gasteiger charge is -2.23. The highest BCUT2D eigenvalue weighted by Gasteiger charge is 2.24. The molecule has 0 aliphatic heterocycles. The molecular formula is C14H21NO3. The second kappa shape index (κ2) is 4.98. The van der Waals surface area contributed by atoms with Gasteiger partial charge in [-0.2, -0.15) is 0 Å². The summed E-state index contributed by atoms with van der Waals surface area (Å²) in [5.41, 5.74) is 7.53. The molecule has 0 amide bonds. The number of nitrogens with two attached hydrogens (primary N) is 1. The molecule has 1 unspecified atom stereocenters. The average Bonchev–Trinajstić information content (AvgIpc) is 2.21. The molecule has 4 nitrogen and oxygen atoms in total. The van der Waals surface area contributed by atoms with E-state index >= 15 is 0 Å². The highest BCUT2D eigenvalue weighted by atomic mass is 16.4. The Labute approximate surface area is 107 Å². The zero-order valence-corrected chi connectivity index (χ0v) is 11.3. The quantitative estimate of drug-likeness (QED) is 0.768. The van der Waals surface area contributed by atoms with Crippen LogP contribution >= 0.6 is 0 Å². The first kappa shape index (κ1) is 14.5. The lowest BCUT2D eigenvalue weighted by molar-refractivity contribution is -0.138. The van der Waals surface area contributed by atoms with Crippen molar-refractivity contribution in [1.29, 1.82) is 0 Å². The van der Waals surface area contributed by atoms with Crippen LogP contribution in [-0.4, -0.2) is 22.7 Å². The molecule has 0 saturated heterocycles.